The first-order chi connectivity index (χ1) is 66.6. The third-order valence-corrected chi connectivity index (χ3v) is 8.00. The van der Waals surface area contributed by atoms with Crippen LogP contribution < -0.4 is 0 Å². The molecule has 0 saturated heterocycles. The highest BCUT2D eigenvalue weighted by atomic mass is 16.5. The monoisotopic (exact) mass is 1880 g/mol. The minimum atomic E-state index is 1.25. The molecule has 0 aliphatic rings. The quantitative estimate of drug-likeness (QED) is 0.152. The van der Waals surface area contributed by atoms with Gasteiger partial charge in [-0.25, -0.2) is 0 Å². The molecule has 0 bridgehead atoms. The Morgan fingerprint density at radius 2 is 0.0815 bits per heavy atom. The predicted molar refractivity (Wildman–Crippen MR) is 651 cm³/mol. The van der Waals surface area contributed by atoms with E-state index in [2.05, 4.69) is 116 Å². The maximum atomic E-state index is 4.25. The van der Waals surface area contributed by atoms with Gasteiger partial charge in [0.2, 0.25) is 0 Å². The Balaban J connectivity index is -0.0000000380. The van der Waals surface area contributed by atoms with Gasteiger partial charge in [0, 0.05) is 56.9 Å². The highest BCUT2D eigenvalue weighted by molar-refractivity contribution is 5.06. The third-order valence-electron chi connectivity index (χ3n) is 8.00. The van der Waals surface area contributed by atoms with Gasteiger partial charge in [-0.15, -0.1) is 0 Å². The summed E-state index contributed by atoms with van der Waals surface area (Å²) in [5, 5.41) is 0. The van der Waals surface area contributed by atoms with Gasteiger partial charge >= 0.3 is 0 Å². The zero-order valence-electron chi connectivity index (χ0n) is 100. The van der Waals surface area contributed by atoms with Crippen molar-refractivity contribution in [3.05, 3.63) is 437 Å². The summed E-state index contributed by atoms with van der Waals surface area (Å²) in [6, 6.07) is 144. The molecular weight excluding hydrogens is 1640 g/mol. The van der Waals surface area contributed by atoms with Crippen molar-refractivity contribution in [1.29, 1.82) is 0 Å². The molecule has 0 atom stereocenters. The van der Waals surface area contributed by atoms with Crippen molar-refractivity contribution < 1.29 is 18.9 Å². The average Bonchev–Trinajstić information content (AvgIpc) is 1.23. The van der Waals surface area contributed by atoms with Crippen LogP contribution in [0.4, 0.5) is 0 Å². The fourth-order valence-electron chi connectivity index (χ4n) is 4.62. The van der Waals surface area contributed by atoms with Gasteiger partial charge in [-0.3, -0.25) is 0 Å². The van der Waals surface area contributed by atoms with Crippen molar-refractivity contribution in [3.63, 3.8) is 0 Å². The number of benzene rings is 12. The van der Waals surface area contributed by atoms with Crippen LogP contribution in [0.25, 0.3) is 0 Å². The lowest BCUT2D eigenvalue weighted by Crippen LogP contribution is -1.55. The van der Waals surface area contributed by atoms with Crippen LogP contribution in [0.5, 0.6) is 0 Å². The van der Waals surface area contributed by atoms with Crippen LogP contribution >= 0.6 is 0 Å². The fourth-order valence-corrected chi connectivity index (χ4v) is 4.62. The molecule has 0 aliphatic heterocycles. The molecule has 12 aromatic carbocycles. The van der Waals surface area contributed by atoms with Gasteiger partial charge in [0.25, 0.3) is 0 Å². The van der Waals surface area contributed by atoms with Gasteiger partial charge in [-0.05, 0) is 0 Å². The summed E-state index contributed by atoms with van der Waals surface area (Å²) >= 11 is 0. The average molecular weight is 1880 g/mol. The minimum absolute atomic E-state index is 1.25. The number of hydrogen-bond acceptors (Lipinski definition) is 4. The summed E-state index contributed by atoms with van der Waals surface area (Å²) in [7, 11) is 13.0. The Morgan fingerprint density at radius 3 is 0.0889 bits per heavy atom. The van der Waals surface area contributed by atoms with E-state index >= 15 is 0 Å². The van der Waals surface area contributed by atoms with E-state index in [1.807, 2.05) is 644 Å². The number of rotatable bonds is 0. The maximum absolute atomic E-state index is 4.25. The van der Waals surface area contributed by atoms with Crippen LogP contribution in [-0.4, -0.2) is 56.9 Å². The Bertz CT molecular complexity index is 1730. The molecule has 790 valence electrons. The van der Waals surface area contributed by atoms with Gasteiger partial charge < -0.3 is 18.9 Å². The van der Waals surface area contributed by atoms with Crippen molar-refractivity contribution in [3.8, 4) is 0 Å². The van der Waals surface area contributed by atoms with E-state index in [1.165, 1.54) is 44.9 Å². The Labute approximate surface area is 856 Å². The number of hydrogen-bond donors (Lipinski definition) is 0. The van der Waals surface area contributed by atoms with Crippen LogP contribution in [0.2, 0.25) is 0 Å². The van der Waals surface area contributed by atoms with Crippen LogP contribution in [0.3, 0.4) is 0 Å². The minimum Gasteiger partial charge on any atom is -0.388 e. The van der Waals surface area contributed by atoms with Gasteiger partial charge in [-0.2, -0.15) is 0 Å². The van der Waals surface area contributed by atoms with E-state index in [9.17, 15) is 0 Å². The maximum Gasteiger partial charge on any atom is 0.0351 e. The SMILES string of the molecule is CC.CC.CC.CC.CC.CC.CC.CC.CC.CC.CC.CC.CC.CC.CC.CCC.CCC.CCC.CCC.CCC.CCC.CCC.COC.COC.COC.COC.c1ccccc1.c1ccccc1.c1ccccc1.c1ccccc1.c1ccccc1.c1ccccc1.c1ccccc1.c1ccccc1.c1ccccc1.c1ccccc1.c1ccccc1.c1ccccc1. The third kappa shape index (κ3) is 478. The van der Waals surface area contributed by atoms with E-state index in [4.69, 9.17) is 0 Å². The fraction of sp³-hybridized carbons (Fsp3) is 0.450. The molecule has 0 unspecified atom stereocenters. The van der Waals surface area contributed by atoms with Gasteiger partial charge in [0.15, 0.2) is 0 Å². The summed E-state index contributed by atoms with van der Waals surface area (Å²) < 4.78 is 17.0. The van der Waals surface area contributed by atoms with E-state index in [0.717, 1.165) is 0 Å². The number of methoxy groups -OCH3 is 4. The summed E-state index contributed by atoms with van der Waals surface area (Å²) in [5.41, 5.74) is 0. The largest absolute Gasteiger partial charge is 0.388 e. The highest BCUT2D eigenvalue weighted by Gasteiger charge is 1.65. The second-order valence-corrected chi connectivity index (χ2v) is 20.4. The molecule has 12 rings (SSSR count). The van der Waals surface area contributed by atoms with Crippen molar-refractivity contribution >= 4 is 0 Å². The molecule has 4 heteroatoms. The second kappa shape index (κ2) is 352. The van der Waals surface area contributed by atoms with Crippen molar-refractivity contribution in [1.82, 2.24) is 0 Å². The zero-order chi connectivity index (χ0) is 111. The van der Waals surface area contributed by atoms with Crippen molar-refractivity contribution in [2.45, 2.75) is 350 Å². The lowest BCUT2D eigenvalue weighted by Gasteiger charge is -1.69. The molecule has 0 radical (unpaired) electrons. The molecule has 4 nitrogen and oxygen atoms in total. The predicted octanol–water partition coefficient (Wildman–Crippen LogP) is 46.6. The second-order valence-electron chi connectivity index (χ2n) is 20.4. The van der Waals surface area contributed by atoms with Crippen LogP contribution in [0.1, 0.15) is 350 Å². The molecular formula is C131H242O4. The van der Waals surface area contributed by atoms with E-state index in [1.54, 1.807) is 56.9 Å². The molecule has 0 spiro atoms. The first kappa shape index (κ1) is 196. The molecule has 0 heterocycles. The van der Waals surface area contributed by atoms with Crippen LogP contribution in [-0.2, 0) is 18.9 Å². The lowest BCUT2D eigenvalue weighted by molar-refractivity contribution is 0.277. The molecule has 0 aromatic heterocycles. The van der Waals surface area contributed by atoms with E-state index in [-0.39, 0.29) is 0 Å². The standard InChI is InChI=1S/12C6H6.7C3H8.4C2H6O.15C2H6/c12*1-2-4-6-5-3-1;11*1-3-2;15*1-2/h12*1-6H;7*3H2,1-2H3;4*1-2H3;15*1-2H3. The molecule has 135 heavy (non-hydrogen) atoms. The first-order valence-corrected chi connectivity index (χ1v) is 52.2. The molecule has 0 saturated carbocycles. The normalized spacial score (nSPS) is 6.40. The van der Waals surface area contributed by atoms with Gasteiger partial charge in [0.1, 0.15) is 0 Å². The highest BCUT2D eigenvalue weighted by Crippen LogP contribution is 1.87. The zero-order valence-corrected chi connectivity index (χ0v) is 100. The lowest BCUT2D eigenvalue weighted by atomic mass is 10.4. The summed E-state index contributed by atoms with van der Waals surface area (Å²) in [4.78, 5) is 0. The Kier molecular flexibility index (Phi) is 512. The summed E-state index contributed by atoms with van der Waals surface area (Å²) in [6.45, 7) is 89.8. The molecule has 12 aromatic rings. The van der Waals surface area contributed by atoms with Crippen LogP contribution in [0, 0.1) is 0 Å². The molecule has 0 aliphatic carbocycles. The topological polar surface area (TPSA) is 36.9 Å². The Morgan fingerprint density at radius 1 is 0.0741 bits per heavy atom. The molecule has 0 amide bonds. The van der Waals surface area contributed by atoms with Gasteiger partial charge in [0.05, 0.1) is 0 Å². The smallest absolute Gasteiger partial charge is 0.0351 e. The van der Waals surface area contributed by atoms with E-state index < -0.39 is 0 Å². The molecule has 0 N–H and O–H groups in total. The van der Waals surface area contributed by atoms with Gasteiger partial charge in [-0.1, -0.05) is 786 Å². The van der Waals surface area contributed by atoms with E-state index in [0.29, 0.717) is 0 Å². The first-order valence-electron chi connectivity index (χ1n) is 52.2. The number of ether oxygens (including phenoxy) is 4. The van der Waals surface area contributed by atoms with Crippen molar-refractivity contribution in [2.24, 2.45) is 0 Å². The van der Waals surface area contributed by atoms with Crippen molar-refractivity contribution in [2.75, 3.05) is 56.9 Å². The van der Waals surface area contributed by atoms with Crippen LogP contribution in [0.15, 0.2) is 437 Å². The molecule has 0 fully saturated rings. The Hall–Kier alpha value is -9.52. The summed E-state index contributed by atoms with van der Waals surface area (Å²) in [5.74, 6) is 0. The summed E-state index contributed by atoms with van der Waals surface area (Å²) in [6.07, 6.45) is 8.75.